The van der Waals surface area contributed by atoms with Crippen LogP contribution in [0.25, 0.3) is 0 Å². The average molecular weight is 352 g/mol. The molecule has 6 nitrogen and oxygen atoms in total. The van der Waals surface area contributed by atoms with Gasteiger partial charge < -0.3 is 14.2 Å². The van der Waals surface area contributed by atoms with Crippen molar-refractivity contribution in [3.63, 3.8) is 0 Å². The highest BCUT2D eigenvalue weighted by Crippen LogP contribution is 2.25. The number of aryl methyl sites for hydroxylation is 1. The number of thioether (sulfide) groups is 1. The highest BCUT2D eigenvalue weighted by Gasteiger charge is 2.19. The predicted octanol–water partition coefficient (Wildman–Crippen LogP) is 1.97. The molecule has 23 heavy (non-hydrogen) atoms. The number of likely N-dealkylation sites (N-methyl/N-ethyl adjacent to an activating group) is 1. The van der Waals surface area contributed by atoms with Crippen molar-refractivity contribution in [1.82, 2.24) is 9.80 Å². The molecule has 0 bridgehead atoms. The van der Waals surface area contributed by atoms with Gasteiger partial charge in [-0.1, -0.05) is 24.0 Å². The summed E-state index contributed by atoms with van der Waals surface area (Å²) in [6, 6.07) is 2.06. The molecule has 0 atom stereocenters. The molecule has 0 aromatic carbocycles. The molecule has 2 rings (SSSR count). The van der Waals surface area contributed by atoms with Gasteiger partial charge in [0.05, 0.1) is 5.75 Å². The number of furan rings is 1. The van der Waals surface area contributed by atoms with Gasteiger partial charge >= 0.3 is 0 Å². The van der Waals surface area contributed by atoms with E-state index in [2.05, 4.69) is 28.2 Å². The van der Waals surface area contributed by atoms with Crippen molar-refractivity contribution in [2.45, 2.75) is 13.8 Å². The zero-order valence-corrected chi connectivity index (χ0v) is 15.1. The molecule has 2 heterocycles. The van der Waals surface area contributed by atoms with Crippen LogP contribution >= 0.6 is 24.0 Å². The first-order valence-corrected chi connectivity index (χ1v) is 8.72. The van der Waals surface area contributed by atoms with Gasteiger partial charge in [-0.25, -0.2) is 0 Å². The summed E-state index contributed by atoms with van der Waals surface area (Å²) in [5.41, 5.74) is 1.13. The van der Waals surface area contributed by atoms with Crippen molar-refractivity contribution in [2.24, 2.45) is 0 Å². The van der Waals surface area contributed by atoms with Gasteiger partial charge in [-0.05, 0) is 20.9 Å². The van der Waals surface area contributed by atoms with Crippen molar-refractivity contribution < 1.29 is 9.21 Å². The van der Waals surface area contributed by atoms with Gasteiger partial charge in [0.1, 0.15) is 21.7 Å². The largest absolute Gasteiger partial charge is 0.444 e. The van der Waals surface area contributed by atoms with Crippen LogP contribution < -0.4 is 5.32 Å². The van der Waals surface area contributed by atoms with Crippen LogP contribution in [0.3, 0.4) is 0 Å². The zero-order chi connectivity index (χ0) is 17.0. The van der Waals surface area contributed by atoms with Crippen molar-refractivity contribution in [3.8, 4) is 6.07 Å². The van der Waals surface area contributed by atoms with E-state index < -0.39 is 0 Å². The fourth-order valence-electron chi connectivity index (χ4n) is 2.22. The minimum atomic E-state index is -0.225. The van der Waals surface area contributed by atoms with E-state index in [9.17, 15) is 4.79 Å². The number of anilines is 1. The molecule has 0 aliphatic carbocycles. The zero-order valence-electron chi connectivity index (χ0n) is 13.5. The maximum Gasteiger partial charge on any atom is 0.237 e. The quantitative estimate of drug-likeness (QED) is 0.834. The van der Waals surface area contributed by atoms with Gasteiger partial charge in [-0.15, -0.1) is 0 Å². The van der Waals surface area contributed by atoms with Crippen LogP contribution in [-0.4, -0.2) is 59.0 Å². The Bertz CT molecular complexity index is 643. The first-order valence-electron chi connectivity index (χ1n) is 7.32. The molecule has 1 fully saturated rings. The molecule has 1 amide bonds. The number of rotatable bonds is 3. The lowest BCUT2D eigenvalue weighted by Crippen LogP contribution is -2.46. The Labute approximate surface area is 145 Å². The van der Waals surface area contributed by atoms with Crippen LogP contribution in [-0.2, 0) is 4.79 Å². The average Bonchev–Trinajstić information content (AvgIpc) is 2.79. The summed E-state index contributed by atoms with van der Waals surface area (Å²) in [5.74, 6) is 0.835. The Morgan fingerprint density at radius 2 is 2.04 bits per heavy atom. The minimum absolute atomic E-state index is 0.203. The molecule has 1 aromatic heterocycles. The van der Waals surface area contributed by atoms with Gasteiger partial charge in [-0.3, -0.25) is 10.1 Å². The number of hydrogen-bond acceptors (Lipinski definition) is 6. The molecule has 0 unspecified atom stereocenters. The Hall–Kier alpha value is -1.56. The molecule has 1 aromatic rings. The first kappa shape index (κ1) is 17.8. The molecular formula is C15H20N4O2S2. The standard InChI is InChI=1S/C15H20N4O2S2/c1-10-11(2)21-14(12(10)8-16)17-13(20)9-23-15(22)19-6-4-18(3)5-7-19/h4-7,9H2,1-3H3,(H,17,20). The van der Waals surface area contributed by atoms with E-state index in [4.69, 9.17) is 21.9 Å². The van der Waals surface area contributed by atoms with Crippen LogP contribution in [0.15, 0.2) is 4.42 Å². The van der Waals surface area contributed by atoms with E-state index in [0.717, 1.165) is 36.1 Å². The summed E-state index contributed by atoms with van der Waals surface area (Å²) in [6.07, 6.45) is 0. The number of carbonyl (C=O) groups excluding carboxylic acids is 1. The third kappa shape index (κ3) is 4.47. The topological polar surface area (TPSA) is 72.5 Å². The number of thiocarbonyl (C=S) groups is 1. The van der Waals surface area contributed by atoms with E-state index in [-0.39, 0.29) is 17.5 Å². The molecule has 0 saturated carbocycles. The molecule has 124 valence electrons. The molecular weight excluding hydrogens is 332 g/mol. The minimum Gasteiger partial charge on any atom is -0.444 e. The Morgan fingerprint density at radius 1 is 1.39 bits per heavy atom. The Balaban J connectivity index is 1.85. The summed E-state index contributed by atoms with van der Waals surface area (Å²) in [5, 5.41) is 11.8. The summed E-state index contributed by atoms with van der Waals surface area (Å²) in [7, 11) is 2.08. The first-order chi connectivity index (χ1) is 10.9. The fraction of sp³-hybridized carbons (Fsp3) is 0.533. The van der Waals surface area contributed by atoms with Crippen molar-refractivity contribution in [1.29, 1.82) is 5.26 Å². The SMILES string of the molecule is Cc1oc(NC(=O)CSC(=S)N2CCN(C)CC2)c(C#N)c1C. The number of carbonyl (C=O) groups is 1. The lowest BCUT2D eigenvalue weighted by molar-refractivity contribution is -0.113. The van der Waals surface area contributed by atoms with Gasteiger partial charge in [0.2, 0.25) is 11.8 Å². The third-order valence-electron chi connectivity index (χ3n) is 3.84. The normalized spacial score (nSPS) is 15.3. The van der Waals surface area contributed by atoms with Crippen molar-refractivity contribution in [2.75, 3.05) is 44.3 Å². The van der Waals surface area contributed by atoms with Gasteiger partial charge in [-0.2, -0.15) is 5.26 Å². The van der Waals surface area contributed by atoms with Crippen LogP contribution in [0.2, 0.25) is 0 Å². The second-order valence-corrected chi connectivity index (χ2v) is 7.10. The number of amides is 1. The van der Waals surface area contributed by atoms with Crippen molar-refractivity contribution in [3.05, 3.63) is 16.9 Å². The van der Waals surface area contributed by atoms with Crippen LogP contribution in [0.5, 0.6) is 0 Å². The van der Waals surface area contributed by atoms with Crippen LogP contribution in [0, 0.1) is 25.2 Å². The maximum atomic E-state index is 12.1. The predicted molar refractivity (Wildman–Crippen MR) is 95.7 cm³/mol. The third-order valence-corrected chi connectivity index (χ3v) is 5.36. The number of piperazine rings is 1. The lowest BCUT2D eigenvalue weighted by Gasteiger charge is -2.33. The summed E-state index contributed by atoms with van der Waals surface area (Å²) in [4.78, 5) is 16.4. The lowest BCUT2D eigenvalue weighted by atomic mass is 10.2. The molecule has 1 aliphatic heterocycles. The second-order valence-electron chi connectivity index (χ2n) is 5.49. The molecule has 0 spiro atoms. The number of hydrogen-bond donors (Lipinski definition) is 1. The molecule has 1 saturated heterocycles. The monoisotopic (exact) mass is 352 g/mol. The molecule has 1 N–H and O–H groups in total. The van der Waals surface area contributed by atoms with Gasteiger partial charge in [0, 0.05) is 31.7 Å². The van der Waals surface area contributed by atoms with E-state index in [1.54, 1.807) is 13.8 Å². The number of nitriles is 1. The van der Waals surface area contributed by atoms with E-state index in [0.29, 0.717) is 11.3 Å². The van der Waals surface area contributed by atoms with Crippen LogP contribution in [0.1, 0.15) is 16.9 Å². The van der Waals surface area contributed by atoms with E-state index >= 15 is 0 Å². The molecule has 1 aliphatic rings. The molecule has 8 heteroatoms. The second kappa shape index (κ2) is 7.81. The maximum absolute atomic E-state index is 12.1. The van der Waals surface area contributed by atoms with Crippen LogP contribution in [0.4, 0.5) is 5.88 Å². The number of nitrogens with one attached hydrogen (secondary N) is 1. The summed E-state index contributed by atoms with van der Waals surface area (Å²) in [6.45, 7) is 7.29. The smallest absolute Gasteiger partial charge is 0.237 e. The number of nitrogens with zero attached hydrogens (tertiary/aromatic N) is 3. The van der Waals surface area contributed by atoms with Gasteiger partial charge in [0.15, 0.2) is 0 Å². The highest BCUT2D eigenvalue weighted by molar-refractivity contribution is 8.23. The Kier molecular flexibility index (Phi) is 6.04. The van der Waals surface area contributed by atoms with E-state index in [1.165, 1.54) is 11.8 Å². The Morgan fingerprint density at radius 3 is 2.65 bits per heavy atom. The highest BCUT2D eigenvalue weighted by atomic mass is 32.2. The van der Waals surface area contributed by atoms with E-state index in [1.807, 2.05) is 0 Å². The molecule has 0 radical (unpaired) electrons. The van der Waals surface area contributed by atoms with Crippen molar-refractivity contribution >= 4 is 40.1 Å². The fourth-order valence-corrected chi connectivity index (χ4v) is 3.27. The summed E-state index contributed by atoms with van der Waals surface area (Å²) < 4.78 is 6.17. The summed E-state index contributed by atoms with van der Waals surface area (Å²) >= 11 is 6.72. The van der Waals surface area contributed by atoms with Gasteiger partial charge in [0.25, 0.3) is 0 Å².